The Balaban J connectivity index is 1.15. The predicted octanol–water partition coefficient (Wildman–Crippen LogP) is 4.29. The molecule has 0 radical (unpaired) electrons. The first kappa shape index (κ1) is 27.6. The summed E-state index contributed by atoms with van der Waals surface area (Å²) in [6.07, 6.45) is 3.29. The van der Waals surface area contributed by atoms with E-state index >= 15 is 0 Å². The quantitative estimate of drug-likeness (QED) is 0.233. The molecule has 12 heteroatoms. The van der Waals surface area contributed by atoms with Crippen molar-refractivity contribution in [2.75, 3.05) is 37.9 Å². The number of benzene rings is 2. The molecule has 3 aliphatic heterocycles. The van der Waals surface area contributed by atoms with E-state index in [2.05, 4.69) is 15.9 Å². The van der Waals surface area contributed by atoms with E-state index in [1.165, 1.54) is 21.4 Å². The van der Waals surface area contributed by atoms with Gasteiger partial charge in [-0.1, -0.05) is 48.2 Å². The minimum absolute atomic E-state index is 0.218. The number of halogens is 1. The highest BCUT2D eigenvalue weighted by atomic mass is 32.2. The summed E-state index contributed by atoms with van der Waals surface area (Å²) in [7, 11) is 0. The molecule has 7 rings (SSSR count). The molecule has 4 aromatic rings. The summed E-state index contributed by atoms with van der Waals surface area (Å²) in [6, 6.07) is 17.4. The Hall–Kier alpha value is -4.26. The van der Waals surface area contributed by atoms with Gasteiger partial charge in [0.05, 0.1) is 17.0 Å². The van der Waals surface area contributed by atoms with Crippen LogP contribution in [0, 0.1) is 5.82 Å². The third-order valence-corrected chi connectivity index (χ3v) is 9.04. The van der Waals surface area contributed by atoms with E-state index in [-0.39, 0.29) is 30.6 Å². The lowest BCUT2D eigenvalue weighted by atomic mass is 10.1. The molecular formula is C31H26FN5O4S2. The standard InChI is InChI=1S/C31H26FN5O4S2/c32-22-7-4-20(5-8-22)18-37-30(39)26(43-31(37)42)16-23-28(33-27-3-1-2-10-36(27)29(23)38)35-13-11-34(12-14-35)17-21-6-9-24-25(15-21)41-19-40-24/h1-10,15-16H,11-14,17-19H2/b26-16+. The zero-order chi connectivity index (χ0) is 29.5. The van der Waals surface area contributed by atoms with Crippen molar-refractivity contribution >= 4 is 51.7 Å². The molecule has 2 fully saturated rings. The summed E-state index contributed by atoms with van der Waals surface area (Å²) < 4.78 is 26.2. The SMILES string of the molecule is O=C1/C(=C\c2c(N3CCN(Cc4ccc5c(c4)OCO5)CC3)nc3ccccn3c2=O)SC(=S)N1Cc1ccc(F)cc1. The van der Waals surface area contributed by atoms with Crippen LogP contribution < -0.4 is 19.9 Å². The van der Waals surface area contributed by atoms with Gasteiger partial charge >= 0.3 is 0 Å². The molecule has 0 spiro atoms. The summed E-state index contributed by atoms with van der Waals surface area (Å²) in [5, 5.41) is 0. The molecular weight excluding hydrogens is 590 g/mol. The number of thiocarbonyl (C=S) groups is 1. The van der Waals surface area contributed by atoms with Crippen molar-refractivity contribution in [3.05, 3.63) is 105 Å². The second-order valence-corrected chi connectivity index (χ2v) is 12.1. The number of hydrogen-bond acceptors (Lipinski definition) is 9. The Morgan fingerprint density at radius 2 is 1.70 bits per heavy atom. The Labute approximate surface area is 256 Å². The molecule has 0 saturated carbocycles. The van der Waals surface area contributed by atoms with Crippen LogP contribution in [-0.2, 0) is 17.9 Å². The second kappa shape index (κ2) is 11.4. The van der Waals surface area contributed by atoms with Gasteiger partial charge in [0, 0.05) is 38.9 Å². The molecule has 43 heavy (non-hydrogen) atoms. The van der Waals surface area contributed by atoms with E-state index in [4.69, 9.17) is 26.7 Å². The number of carbonyl (C=O) groups is 1. The number of thioether (sulfide) groups is 1. The van der Waals surface area contributed by atoms with Gasteiger partial charge in [0.2, 0.25) is 6.79 Å². The van der Waals surface area contributed by atoms with Gasteiger partial charge in [0.25, 0.3) is 11.5 Å². The van der Waals surface area contributed by atoms with Crippen LogP contribution in [0.2, 0.25) is 0 Å². The Morgan fingerprint density at radius 3 is 2.51 bits per heavy atom. The van der Waals surface area contributed by atoms with E-state index in [1.54, 1.807) is 36.5 Å². The van der Waals surface area contributed by atoms with Gasteiger partial charge in [-0.2, -0.15) is 0 Å². The highest BCUT2D eigenvalue weighted by Gasteiger charge is 2.33. The Morgan fingerprint density at radius 1 is 0.930 bits per heavy atom. The molecule has 218 valence electrons. The van der Waals surface area contributed by atoms with Crippen LogP contribution >= 0.6 is 24.0 Å². The molecule has 2 saturated heterocycles. The molecule has 0 N–H and O–H groups in total. The van der Waals surface area contributed by atoms with Crippen LogP contribution in [0.15, 0.2) is 76.6 Å². The molecule has 0 bridgehead atoms. The third kappa shape index (κ3) is 5.49. The van der Waals surface area contributed by atoms with Crippen LogP contribution in [0.5, 0.6) is 11.5 Å². The molecule has 1 amide bonds. The van der Waals surface area contributed by atoms with Gasteiger partial charge in [0.15, 0.2) is 11.5 Å². The van der Waals surface area contributed by atoms with Crippen molar-refractivity contribution < 1.29 is 18.7 Å². The number of fused-ring (bicyclic) bond motifs is 2. The van der Waals surface area contributed by atoms with E-state index in [9.17, 15) is 14.0 Å². The van der Waals surface area contributed by atoms with Crippen LogP contribution in [0.25, 0.3) is 11.7 Å². The van der Waals surface area contributed by atoms with E-state index in [0.717, 1.165) is 54.0 Å². The number of rotatable bonds is 6. The topological polar surface area (TPSA) is 79.6 Å². The first-order valence-corrected chi connectivity index (χ1v) is 15.0. The highest BCUT2D eigenvalue weighted by Crippen LogP contribution is 2.35. The zero-order valence-electron chi connectivity index (χ0n) is 22.9. The maximum Gasteiger partial charge on any atom is 0.267 e. The first-order chi connectivity index (χ1) is 20.9. The third-order valence-electron chi connectivity index (χ3n) is 7.67. The van der Waals surface area contributed by atoms with Gasteiger partial charge in [-0.25, -0.2) is 9.37 Å². The lowest BCUT2D eigenvalue weighted by Gasteiger charge is -2.36. The number of amides is 1. The first-order valence-electron chi connectivity index (χ1n) is 13.8. The van der Waals surface area contributed by atoms with E-state index < -0.39 is 0 Å². The Kier molecular flexibility index (Phi) is 7.33. The van der Waals surface area contributed by atoms with Crippen LogP contribution in [0.1, 0.15) is 16.7 Å². The number of aromatic nitrogens is 2. The van der Waals surface area contributed by atoms with Crippen LogP contribution in [-0.4, -0.2) is 62.4 Å². The molecule has 2 aromatic heterocycles. The lowest BCUT2D eigenvalue weighted by Crippen LogP contribution is -2.47. The molecule has 5 heterocycles. The van der Waals surface area contributed by atoms with Gasteiger partial charge < -0.3 is 14.4 Å². The predicted molar refractivity (Wildman–Crippen MR) is 167 cm³/mol. The number of piperazine rings is 1. The van der Waals surface area contributed by atoms with Crippen molar-refractivity contribution in [1.82, 2.24) is 19.2 Å². The summed E-state index contributed by atoms with van der Waals surface area (Å²) in [6.45, 7) is 4.08. The lowest BCUT2D eigenvalue weighted by molar-refractivity contribution is -0.122. The second-order valence-electron chi connectivity index (χ2n) is 10.4. The van der Waals surface area contributed by atoms with Crippen molar-refractivity contribution in [3.8, 4) is 11.5 Å². The fourth-order valence-electron chi connectivity index (χ4n) is 5.41. The zero-order valence-corrected chi connectivity index (χ0v) is 24.6. The van der Waals surface area contributed by atoms with Gasteiger partial charge in [0.1, 0.15) is 21.6 Å². The average molecular weight is 616 g/mol. The van der Waals surface area contributed by atoms with E-state index in [0.29, 0.717) is 39.3 Å². The Bertz CT molecular complexity index is 1840. The smallest absolute Gasteiger partial charge is 0.267 e. The van der Waals surface area contributed by atoms with Gasteiger partial charge in [-0.3, -0.25) is 23.8 Å². The average Bonchev–Trinajstić information content (AvgIpc) is 3.59. The molecule has 3 aliphatic rings. The van der Waals surface area contributed by atoms with Gasteiger partial charge in [-0.05, 0) is 53.6 Å². The summed E-state index contributed by atoms with van der Waals surface area (Å²) in [4.78, 5) is 38.4. The summed E-state index contributed by atoms with van der Waals surface area (Å²) in [5.41, 5.74) is 2.52. The minimum atomic E-state index is -0.348. The highest BCUT2D eigenvalue weighted by molar-refractivity contribution is 8.26. The normalized spacial score (nSPS) is 17.9. The number of pyridine rings is 1. The summed E-state index contributed by atoms with van der Waals surface area (Å²) in [5.74, 6) is 1.44. The molecule has 0 atom stereocenters. The van der Waals surface area contributed by atoms with Gasteiger partial charge in [-0.15, -0.1) is 0 Å². The molecule has 9 nitrogen and oxygen atoms in total. The summed E-state index contributed by atoms with van der Waals surface area (Å²) >= 11 is 6.67. The molecule has 2 aromatic carbocycles. The maximum atomic E-state index is 13.8. The van der Waals surface area contributed by atoms with Crippen LogP contribution in [0.4, 0.5) is 10.2 Å². The van der Waals surface area contributed by atoms with Crippen molar-refractivity contribution in [3.63, 3.8) is 0 Å². The largest absolute Gasteiger partial charge is 0.454 e. The minimum Gasteiger partial charge on any atom is -0.454 e. The molecule has 0 unspecified atom stereocenters. The van der Waals surface area contributed by atoms with Crippen molar-refractivity contribution in [1.29, 1.82) is 0 Å². The number of anilines is 1. The van der Waals surface area contributed by atoms with Crippen molar-refractivity contribution in [2.45, 2.75) is 13.1 Å². The van der Waals surface area contributed by atoms with E-state index in [1.807, 2.05) is 18.2 Å². The number of carbonyl (C=O) groups excluding carboxylic acids is 1. The number of hydrogen-bond donors (Lipinski definition) is 0. The monoisotopic (exact) mass is 615 g/mol. The van der Waals surface area contributed by atoms with Crippen LogP contribution in [0.3, 0.4) is 0 Å². The number of ether oxygens (including phenoxy) is 2. The fraction of sp³-hybridized carbons (Fsp3) is 0.226. The fourth-order valence-corrected chi connectivity index (χ4v) is 6.65. The molecule has 0 aliphatic carbocycles. The number of nitrogens with zero attached hydrogens (tertiary/aromatic N) is 5. The maximum absolute atomic E-state index is 13.8. The van der Waals surface area contributed by atoms with Crippen molar-refractivity contribution in [2.24, 2.45) is 0 Å².